The van der Waals surface area contributed by atoms with Crippen molar-refractivity contribution >= 4 is 21.9 Å². The third-order valence-electron chi connectivity index (χ3n) is 5.36. The summed E-state index contributed by atoms with van der Waals surface area (Å²) in [5, 5.41) is 1.99. The van der Waals surface area contributed by atoms with E-state index in [1.54, 1.807) is 6.26 Å². The summed E-state index contributed by atoms with van der Waals surface area (Å²) in [6.45, 7) is 4.38. The highest BCUT2D eigenvalue weighted by molar-refractivity contribution is 5.84. The summed E-state index contributed by atoms with van der Waals surface area (Å²) in [4.78, 5) is 18.7. The zero-order valence-corrected chi connectivity index (χ0v) is 14.7. The summed E-state index contributed by atoms with van der Waals surface area (Å²) >= 11 is 0. The minimum absolute atomic E-state index is 0.0809. The molecule has 3 heterocycles. The number of benzene rings is 2. The molecule has 0 fully saturated rings. The Kier molecular flexibility index (Phi) is 3.47. The van der Waals surface area contributed by atoms with Gasteiger partial charge in [-0.15, -0.1) is 0 Å². The van der Waals surface area contributed by atoms with Gasteiger partial charge in [-0.1, -0.05) is 29.8 Å². The maximum atomic E-state index is 12.8. The van der Waals surface area contributed by atoms with Gasteiger partial charge in [0, 0.05) is 41.8 Å². The van der Waals surface area contributed by atoms with Crippen molar-refractivity contribution in [2.75, 3.05) is 6.54 Å². The number of H-pyrrole nitrogens is 1. The first-order valence-corrected chi connectivity index (χ1v) is 9.01. The van der Waals surface area contributed by atoms with E-state index in [1.807, 2.05) is 25.1 Å². The zero-order valence-electron chi connectivity index (χ0n) is 14.7. The summed E-state index contributed by atoms with van der Waals surface area (Å²) in [7, 11) is 0. The monoisotopic (exact) mass is 344 g/mol. The SMILES string of the molecule is Cc1ccc2occ(CN3CCc4c([nH]c5ccccc45)C3)c(=O)c2c1. The van der Waals surface area contributed by atoms with Crippen LogP contribution in [0.2, 0.25) is 0 Å². The number of rotatable bonds is 2. The molecule has 4 aromatic rings. The highest BCUT2D eigenvalue weighted by atomic mass is 16.3. The van der Waals surface area contributed by atoms with E-state index < -0.39 is 0 Å². The summed E-state index contributed by atoms with van der Waals surface area (Å²) in [5.41, 5.74) is 6.40. The van der Waals surface area contributed by atoms with Crippen LogP contribution in [-0.4, -0.2) is 16.4 Å². The molecule has 0 radical (unpaired) electrons. The number of aromatic amines is 1. The van der Waals surface area contributed by atoms with Crippen LogP contribution in [0.5, 0.6) is 0 Å². The second-order valence-corrected chi connectivity index (χ2v) is 7.18. The van der Waals surface area contributed by atoms with E-state index in [-0.39, 0.29) is 5.43 Å². The molecule has 4 nitrogen and oxygen atoms in total. The van der Waals surface area contributed by atoms with Gasteiger partial charge in [0.15, 0.2) is 5.43 Å². The Morgan fingerprint density at radius 1 is 1.15 bits per heavy atom. The van der Waals surface area contributed by atoms with Gasteiger partial charge < -0.3 is 9.40 Å². The van der Waals surface area contributed by atoms with Crippen molar-refractivity contribution in [2.45, 2.75) is 26.4 Å². The zero-order chi connectivity index (χ0) is 17.7. The molecule has 1 aliphatic heterocycles. The largest absolute Gasteiger partial charge is 0.464 e. The predicted molar refractivity (Wildman–Crippen MR) is 103 cm³/mol. The van der Waals surface area contributed by atoms with Gasteiger partial charge in [-0.2, -0.15) is 0 Å². The highest BCUT2D eigenvalue weighted by Gasteiger charge is 2.21. The molecular formula is C22H20N2O2. The topological polar surface area (TPSA) is 49.2 Å². The van der Waals surface area contributed by atoms with Gasteiger partial charge in [0.1, 0.15) is 5.58 Å². The van der Waals surface area contributed by atoms with Gasteiger partial charge >= 0.3 is 0 Å². The minimum Gasteiger partial charge on any atom is -0.464 e. The molecule has 0 aliphatic carbocycles. The number of hydrogen-bond acceptors (Lipinski definition) is 3. The summed E-state index contributed by atoms with van der Waals surface area (Å²) in [5.74, 6) is 0. The van der Waals surface area contributed by atoms with E-state index in [0.717, 1.165) is 30.6 Å². The average molecular weight is 344 g/mol. The van der Waals surface area contributed by atoms with E-state index in [0.29, 0.717) is 17.5 Å². The Morgan fingerprint density at radius 3 is 2.96 bits per heavy atom. The van der Waals surface area contributed by atoms with Crippen LogP contribution < -0.4 is 5.43 Å². The summed E-state index contributed by atoms with van der Waals surface area (Å²) in [6, 6.07) is 14.2. The fraction of sp³-hybridized carbons (Fsp3) is 0.227. The quantitative estimate of drug-likeness (QED) is 0.594. The van der Waals surface area contributed by atoms with Crippen molar-refractivity contribution in [1.29, 1.82) is 0 Å². The Balaban J connectivity index is 1.46. The maximum absolute atomic E-state index is 12.8. The molecule has 1 N–H and O–H groups in total. The Labute approximate surface area is 151 Å². The molecule has 0 saturated carbocycles. The molecule has 5 rings (SSSR count). The van der Waals surface area contributed by atoms with Gasteiger partial charge in [0.25, 0.3) is 0 Å². The molecule has 2 aromatic heterocycles. The fourth-order valence-electron chi connectivity index (χ4n) is 4.02. The Hall–Kier alpha value is -2.85. The first kappa shape index (κ1) is 15.4. The van der Waals surface area contributed by atoms with E-state index in [2.05, 4.69) is 34.1 Å². The van der Waals surface area contributed by atoms with Crippen LogP contribution >= 0.6 is 0 Å². The maximum Gasteiger partial charge on any atom is 0.197 e. The number of para-hydroxylation sites is 1. The summed E-state index contributed by atoms with van der Waals surface area (Å²) < 4.78 is 5.70. The minimum atomic E-state index is 0.0809. The van der Waals surface area contributed by atoms with E-state index in [1.165, 1.54) is 22.2 Å². The Morgan fingerprint density at radius 2 is 2.04 bits per heavy atom. The second-order valence-electron chi connectivity index (χ2n) is 7.18. The average Bonchev–Trinajstić information content (AvgIpc) is 3.02. The van der Waals surface area contributed by atoms with Crippen LogP contribution in [0.1, 0.15) is 22.4 Å². The number of aryl methyl sites for hydroxylation is 1. The lowest BCUT2D eigenvalue weighted by Gasteiger charge is -2.26. The van der Waals surface area contributed by atoms with Gasteiger partial charge in [0.05, 0.1) is 11.6 Å². The van der Waals surface area contributed by atoms with E-state index in [4.69, 9.17) is 4.42 Å². The molecule has 1 aliphatic rings. The lowest BCUT2D eigenvalue weighted by atomic mass is 10.0. The normalized spacial score (nSPS) is 14.8. The third kappa shape index (κ3) is 2.45. The molecule has 4 heteroatoms. The van der Waals surface area contributed by atoms with Crippen molar-refractivity contribution in [3.8, 4) is 0 Å². The van der Waals surface area contributed by atoms with Gasteiger partial charge in [0.2, 0.25) is 0 Å². The summed E-state index contributed by atoms with van der Waals surface area (Å²) in [6.07, 6.45) is 2.62. The smallest absolute Gasteiger partial charge is 0.197 e. The van der Waals surface area contributed by atoms with Crippen LogP contribution in [0.3, 0.4) is 0 Å². The number of fused-ring (bicyclic) bond motifs is 4. The molecule has 0 spiro atoms. The van der Waals surface area contributed by atoms with Crippen LogP contribution in [0, 0.1) is 6.92 Å². The molecule has 0 unspecified atom stereocenters. The van der Waals surface area contributed by atoms with Crippen molar-refractivity contribution in [3.05, 3.63) is 81.3 Å². The molecule has 0 amide bonds. The van der Waals surface area contributed by atoms with Crippen LogP contribution in [0.25, 0.3) is 21.9 Å². The molecule has 26 heavy (non-hydrogen) atoms. The van der Waals surface area contributed by atoms with Crippen molar-refractivity contribution in [1.82, 2.24) is 9.88 Å². The van der Waals surface area contributed by atoms with Crippen molar-refractivity contribution in [2.24, 2.45) is 0 Å². The van der Waals surface area contributed by atoms with Crippen molar-refractivity contribution in [3.63, 3.8) is 0 Å². The third-order valence-corrected chi connectivity index (χ3v) is 5.36. The van der Waals surface area contributed by atoms with E-state index in [9.17, 15) is 4.79 Å². The van der Waals surface area contributed by atoms with Gasteiger partial charge in [-0.05, 0) is 37.1 Å². The first-order chi connectivity index (χ1) is 12.7. The molecule has 0 saturated heterocycles. The lowest BCUT2D eigenvalue weighted by molar-refractivity contribution is 0.241. The molecule has 130 valence electrons. The fourth-order valence-corrected chi connectivity index (χ4v) is 4.02. The first-order valence-electron chi connectivity index (χ1n) is 9.01. The number of hydrogen-bond donors (Lipinski definition) is 1. The molecule has 0 atom stereocenters. The van der Waals surface area contributed by atoms with Crippen LogP contribution in [0.4, 0.5) is 0 Å². The van der Waals surface area contributed by atoms with Gasteiger partial charge in [-0.25, -0.2) is 0 Å². The number of nitrogens with zero attached hydrogens (tertiary/aromatic N) is 1. The van der Waals surface area contributed by atoms with Crippen LogP contribution in [0.15, 0.2) is 57.9 Å². The Bertz CT molecular complexity index is 1190. The molecule has 2 aromatic carbocycles. The van der Waals surface area contributed by atoms with Gasteiger partial charge in [-0.3, -0.25) is 9.69 Å². The lowest BCUT2D eigenvalue weighted by Crippen LogP contribution is -2.31. The standard InChI is InChI=1S/C22H20N2O2/c1-14-6-7-21-18(10-14)22(25)15(13-26-21)11-24-9-8-17-16-4-2-3-5-19(16)23-20(17)12-24/h2-7,10,13,23H,8-9,11-12H2,1H3. The molecule has 0 bridgehead atoms. The molecular weight excluding hydrogens is 324 g/mol. The number of aromatic nitrogens is 1. The second kappa shape index (κ2) is 5.85. The highest BCUT2D eigenvalue weighted by Crippen LogP contribution is 2.28. The van der Waals surface area contributed by atoms with Crippen LogP contribution in [-0.2, 0) is 19.5 Å². The number of nitrogens with one attached hydrogen (secondary N) is 1. The van der Waals surface area contributed by atoms with E-state index >= 15 is 0 Å². The predicted octanol–water partition coefficient (Wildman–Crippen LogP) is 4.14. The van der Waals surface area contributed by atoms with Crippen molar-refractivity contribution < 1.29 is 4.42 Å².